The second-order valence-corrected chi connectivity index (χ2v) is 9.34. The minimum absolute atomic E-state index is 0.0690. The SMILES string of the molecule is CN1CCN(c2ccc3nnc(CCC(=O)NC4CCN(Cc5ccncc5)CC4)n3n2)CC1. The first kappa shape index (κ1) is 22.7. The molecule has 1 N–H and O–H groups in total. The molecule has 0 aromatic carbocycles. The molecule has 180 valence electrons. The lowest BCUT2D eigenvalue weighted by atomic mass is 10.0. The van der Waals surface area contributed by atoms with Crippen molar-refractivity contribution in [3.8, 4) is 0 Å². The maximum absolute atomic E-state index is 12.6. The van der Waals surface area contributed by atoms with Crippen LogP contribution in [0, 0.1) is 0 Å². The standard InChI is InChI=1S/C24H33N9O/c1-30-14-16-32(17-15-30)23-3-2-21-27-28-22(33(21)29-23)4-5-24(34)26-20-8-12-31(13-9-20)18-19-6-10-25-11-7-19/h2-3,6-7,10-11,20H,4-5,8-9,12-18H2,1H3,(H,26,34). The van der Waals surface area contributed by atoms with Gasteiger partial charge in [0.1, 0.15) is 5.82 Å². The van der Waals surface area contributed by atoms with Gasteiger partial charge in [-0.3, -0.25) is 14.7 Å². The van der Waals surface area contributed by atoms with Crippen LogP contribution < -0.4 is 10.2 Å². The zero-order valence-electron chi connectivity index (χ0n) is 19.8. The van der Waals surface area contributed by atoms with Crippen molar-refractivity contribution in [3.63, 3.8) is 0 Å². The van der Waals surface area contributed by atoms with Crippen LogP contribution in [-0.4, -0.2) is 92.9 Å². The topological polar surface area (TPSA) is 94.8 Å². The Hall–Kier alpha value is -3.11. The van der Waals surface area contributed by atoms with Crippen molar-refractivity contribution in [2.24, 2.45) is 0 Å². The van der Waals surface area contributed by atoms with E-state index >= 15 is 0 Å². The highest BCUT2D eigenvalue weighted by molar-refractivity contribution is 5.76. The minimum Gasteiger partial charge on any atom is -0.353 e. The summed E-state index contributed by atoms with van der Waals surface area (Å²) in [5.41, 5.74) is 2.00. The van der Waals surface area contributed by atoms with E-state index < -0.39 is 0 Å². The number of piperidine rings is 1. The van der Waals surface area contributed by atoms with Crippen LogP contribution in [0.3, 0.4) is 0 Å². The van der Waals surface area contributed by atoms with Gasteiger partial charge in [0.05, 0.1) is 0 Å². The molecule has 0 spiro atoms. The van der Waals surface area contributed by atoms with Crippen molar-refractivity contribution in [1.82, 2.24) is 39.9 Å². The zero-order valence-corrected chi connectivity index (χ0v) is 19.8. The second-order valence-electron chi connectivity index (χ2n) is 9.34. The number of pyridine rings is 1. The minimum atomic E-state index is 0.0690. The Morgan fingerprint density at radius 2 is 1.76 bits per heavy atom. The quantitative estimate of drug-likeness (QED) is 0.554. The zero-order chi connectivity index (χ0) is 23.3. The van der Waals surface area contributed by atoms with Crippen LogP contribution in [0.1, 0.15) is 30.7 Å². The lowest BCUT2D eigenvalue weighted by Gasteiger charge is -2.33. The van der Waals surface area contributed by atoms with Crippen LogP contribution in [-0.2, 0) is 17.8 Å². The number of carbonyl (C=O) groups is 1. The third-order valence-electron chi connectivity index (χ3n) is 6.82. The lowest BCUT2D eigenvalue weighted by Crippen LogP contribution is -2.45. The first-order chi connectivity index (χ1) is 16.6. The maximum atomic E-state index is 12.6. The normalized spacial score (nSPS) is 18.4. The number of rotatable bonds is 7. The monoisotopic (exact) mass is 463 g/mol. The van der Waals surface area contributed by atoms with Crippen LogP contribution in [0.5, 0.6) is 0 Å². The number of anilines is 1. The predicted octanol–water partition coefficient (Wildman–Crippen LogP) is 0.985. The first-order valence-electron chi connectivity index (χ1n) is 12.2. The molecule has 0 atom stereocenters. The van der Waals surface area contributed by atoms with Gasteiger partial charge < -0.3 is 15.1 Å². The Kier molecular flexibility index (Phi) is 6.96. The Morgan fingerprint density at radius 1 is 1.00 bits per heavy atom. The fraction of sp³-hybridized carbons (Fsp3) is 0.542. The smallest absolute Gasteiger partial charge is 0.220 e. The second kappa shape index (κ2) is 10.4. The molecule has 3 aromatic rings. The third kappa shape index (κ3) is 5.51. The summed E-state index contributed by atoms with van der Waals surface area (Å²) < 4.78 is 1.79. The summed E-state index contributed by atoms with van der Waals surface area (Å²) in [6, 6.07) is 8.32. The average Bonchev–Trinajstić information content (AvgIpc) is 3.27. The molecule has 0 aliphatic carbocycles. The number of nitrogens with one attached hydrogen (secondary N) is 1. The third-order valence-corrected chi connectivity index (χ3v) is 6.82. The van der Waals surface area contributed by atoms with Gasteiger partial charge in [-0.2, -0.15) is 4.52 Å². The van der Waals surface area contributed by atoms with Crippen LogP contribution in [0.4, 0.5) is 5.82 Å². The van der Waals surface area contributed by atoms with E-state index in [2.05, 4.69) is 54.4 Å². The van der Waals surface area contributed by atoms with Crippen LogP contribution in [0.25, 0.3) is 5.65 Å². The number of hydrogen-bond donors (Lipinski definition) is 1. The molecular weight excluding hydrogens is 430 g/mol. The number of fused-ring (bicyclic) bond motifs is 1. The van der Waals surface area contributed by atoms with Crippen LogP contribution >= 0.6 is 0 Å². The summed E-state index contributed by atoms with van der Waals surface area (Å²) in [7, 11) is 2.14. The van der Waals surface area contributed by atoms with E-state index in [0.29, 0.717) is 12.8 Å². The fourth-order valence-electron chi connectivity index (χ4n) is 4.69. The van der Waals surface area contributed by atoms with Crippen molar-refractivity contribution < 1.29 is 4.79 Å². The highest BCUT2D eigenvalue weighted by Crippen LogP contribution is 2.16. The molecule has 3 aromatic heterocycles. The predicted molar refractivity (Wildman–Crippen MR) is 129 cm³/mol. The molecule has 5 heterocycles. The molecular formula is C24H33N9O. The Labute approximate surface area is 200 Å². The largest absolute Gasteiger partial charge is 0.353 e. The number of amides is 1. The van der Waals surface area contributed by atoms with Gasteiger partial charge in [-0.05, 0) is 49.7 Å². The highest BCUT2D eigenvalue weighted by atomic mass is 16.1. The number of carbonyl (C=O) groups excluding carboxylic acids is 1. The first-order valence-corrected chi connectivity index (χ1v) is 12.2. The van der Waals surface area contributed by atoms with Crippen molar-refractivity contribution in [1.29, 1.82) is 0 Å². The number of aryl methyl sites for hydroxylation is 1. The average molecular weight is 464 g/mol. The summed E-state index contributed by atoms with van der Waals surface area (Å²) in [6.07, 6.45) is 6.53. The van der Waals surface area contributed by atoms with Crippen LogP contribution in [0.2, 0.25) is 0 Å². The summed E-state index contributed by atoms with van der Waals surface area (Å²) in [5, 5.41) is 16.5. The van der Waals surface area contributed by atoms with Gasteiger partial charge in [0.2, 0.25) is 5.91 Å². The van der Waals surface area contributed by atoms with Crippen molar-refractivity contribution >= 4 is 17.4 Å². The Balaban J connectivity index is 1.11. The summed E-state index contributed by atoms with van der Waals surface area (Å²) in [4.78, 5) is 23.8. The fourth-order valence-corrected chi connectivity index (χ4v) is 4.69. The molecule has 0 saturated carbocycles. The molecule has 34 heavy (non-hydrogen) atoms. The Bertz CT molecular complexity index is 1090. The Morgan fingerprint density at radius 3 is 2.53 bits per heavy atom. The van der Waals surface area contributed by atoms with E-state index in [-0.39, 0.29) is 11.9 Å². The van der Waals surface area contributed by atoms with Gasteiger partial charge in [-0.1, -0.05) is 0 Å². The molecule has 2 aliphatic rings. The van der Waals surface area contributed by atoms with Crippen molar-refractivity contribution in [2.45, 2.75) is 38.3 Å². The number of likely N-dealkylation sites (N-methyl/N-ethyl adjacent to an activating group) is 1. The molecule has 2 aliphatic heterocycles. The maximum Gasteiger partial charge on any atom is 0.220 e. The van der Waals surface area contributed by atoms with Gasteiger partial charge in [-0.15, -0.1) is 15.3 Å². The molecule has 10 nitrogen and oxygen atoms in total. The lowest BCUT2D eigenvalue weighted by molar-refractivity contribution is -0.122. The van der Waals surface area contributed by atoms with E-state index in [0.717, 1.165) is 75.9 Å². The van der Waals surface area contributed by atoms with E-state index in [1.807, 2.05) is 24.5 Å². The number of likely N-dealkylation sites (tertiary alicyclic amines) is 1. The molecule has 10 heteroatoms. The van der Waals surface area contributed by atoms with Crippen molar-refractivity contribution in [2.75, 3.05) is 51.2 Å². The van der Waals surface area contributed by atoms with Gasteiger partial charge in [0, 0.05) is 77.1 Å². The highest BCUT2D eigenvalue weighted by Gasteiger charge is 2.21. The summed E-state index contributed by atoms with van der Waals surface area (Å²) in [6.45, 7) is 6.87. The van der Waals surface area contributed by atoms with Gasteiger partial charge in [-0.25, -0.2) is 0 Å². The number of nitrogens with zero attached hydrogens (tertiary/aromatic N) is 8. The van der Waals surface area contributed by atoms with Gasteiger partial charge in [0.25, 0.3) is 0 Å². The van der Waals surface area contributed by atoms with Crippen molar-refractivity contribution in [3.05, 3.63) is 48.0 Å². The molecule has 2 saturated heterocycles. The van der Waals surface area contributed by atoms with Gasteiger partial charge >= 0.3 is 0 Å². The molecule has 0 bridgehead atoms. The molecule has 0 radical (unpaired) electrons. The molecule has 1 amide bonds. The summed E-state index contributed by atoms with van der Waals surface area (Å²) in [5.74, 6) is 1.73. The molecule has 0 unspecified atom stereocenters. The molecule has 5 rings (SSSR count). The van der Waals surface area contributed by atoms with Crippen LogP contribution in [0.15, 0.2) is 36.7 Å². The van der Waals surface area contributed by atoms with E-state index in [1.165, 1.54) is 5.56 Å². The van der Waals surface area contributed by atoms with Gasteiger partial charge in [0.15, 0.2) is 11.5 Å². The number of piperazine rings is 1. The van der Waals surface area contributed by atoms with E-state index in [4.69, 9.17) is 5.10 Å². The summed E-state index contributed by atoms with van der Waals surface area (Å²) >= 11 is 0. The van der Waals surface area contributed by atoms with E-state index in [1.54, 1.807) is 4.52 Å². The number of aromatic nitrogens is 5. The molecule has 2 fully saturated rings. The number of hydrogen-bond acceptors (Lipinski definition) is 8. The van der Waals surface area contributed by atoms with E-state index in [9.17, 15) is 4.79 Å².